The molecule has 0 spiro atoms. The Labute approximate surface area is 211 Å². The molecular weight excluding hydrogens is 491 g/mol. The van der Waals surface area contributed by atoms with E-state index < -0.39 is 47.6 Å². The highest BCUT2D eigenvalue weighted by Crippen LogP contribution is 2.34. The van der Waals surface area contributed by atoms with Gasteiger partial charge in [0.15, 0.2) is 0 Å². The number of anilines is 1. The van der Waals surface area contributed by atoms with Crippen molar-refractivity contribution in [3.05, 3.63) is 88.1 Å². The first-order chi connectivity index (χ1) is 16.9. The number of carbonyl (C=O) groups is 3. The minimum atomic E-state index is -4.66. The molecule has 1 aromatic heterocycles. The summed E-state index contributed by atoms with van der Waals surface area (Å²) in [5, 5.41) is 7.02. The smallest absolute Gasteiger partial charge is 0.349 e. The van der Waals surface area contributed by atoms with E-state index in [1.807, 2.05) is 0 Å². The third-order valence-corrected chi connectivity index (χ3v) is 5.85. The lowest BCUT2D eigenvalue weighted by Crippen LogP contribution is -2.51. The van der Waals surface area contributed by atoms with Gasteiger partial charge in [-0.3, -0.25) is 19.3 Å². The number of amides is 3. The third-order valence-electron chi connectivity index (χ3n) is 4.99. The number of alkyl halides is 3. The molecule has 0 bridgehead atoms. The van der Waals surface area contributed by atoms with Gasteiger partial charge < -0.3 is 10.6 Å². The van der Waals surface area contributed by atoms with Crippen LogP contribution in [0.1, 0.15) is 47.6 Å². The van der Waals surface area contributed by atoms with Gasteiger partial charge in [-0.1, -0.05) is 42.5 Å². The van der Waals surface area contributed by atoms with E-state index in [1.54, 1.807) is 68.6 Å². The highest BCUT2D eigenvalue weighted by molar-refractivity contribution is 7.12. The number of nitrogens with zero attached hydrogens (tertiary/aromatic N) is 1. The van der Waals surface area contributed by atoms with Crippen LogP contribution in [0.25, 0.3) is 0 Å². The minimum absolute atomic E-state index is 0.127. The van der Waals surface area contributed by atoms with E-state index in [0.717, 1.165) is 17.0 Å². The predicted octanol–water partition coefficient (Wildman–Crippen LogP) is 5.19. The normalized spacial score (nSPS) is 12.5. The summed E-state index contributed by atoms with van der Waals surface area (Å²) in [6, 6.07) is 14.5. The lowest BCUT2D eigenvalue weighted by Gasteiger charge is -2.34. The molecule has 3 amide bonds. The van der Waals surface area contributed by atoms with Crippen LogP contribution in [0, 0.1) is 0 Å². The number of rotatable bonds is 7. The van der Waals surface area contributed by atoms with E-state index in [4.69, 9.17) is 0 Å². The number of thiophene rings is 1. The van der Waals surface area contributed by atoms with Crippen molar-refractivity contribution in [2.45, 2.75) is 38.5 Å². The summed E-state index contributed by atoms with van der Waals surface area (Å²) in [7, 11) is 0. The highest BCUT2D eigenvalue weighted by atomic mass is 32.1. The summed E-state index contributed by atoms with van der Waals surface area (Å²) in [5.41, 5.74) is -1.38. The molecule has 190 valence electrons. The largest absolute Gasteiger partial charge is 0.416 e. The van der Waals surface area contributed by atoms with Crippen molar-refractivity contribution in [2.75, 3.05) is 11.4 Å². The van der Waals surface area contributed by atoms with Gasteiger partial charge >= 0.3 is 6.18 Å². The van der Waals surface area contributed by atoms with Crippen LogP contribution in [0.4, 0.5) is 18.9 Å². The van der Waals surface area contributed by atoms with E-state index >= 15 is 0 Å². The molecule has 36 heavy (non-hydrogen) atoms. The zero-order chi connectivity index (χ0) is 26.5. The van der Waals surface area contributed by atoms with Crippen molar-refractivity contribution in [1.29, 1.82) is 0 Å². The van der Waals surface area contributed by atoms with Gasteiger partial charge in [0.2, 0.25) is 11.8 Å². The topological polar surface area (TPSA) is 78.5 Å². The second kappa shape index (κ2) is 10.9. The first-order valence-corrected chi connectivity index (χ1v) is 11.9. The number of hydrogen-bond acceptors (Lipinski definition) is 4. The molecular formula is C26H26F3N3O3S. The van der Waals surface area contributed by atoms with Gasteiger partial charge in [-0.05, 0) is 56.0 Å². The van der Waals surface area contributed by atoms with Crippen LogP contribution in [-0.4, -0.2) is 29.8 Å². The Balaban J connectivity index is 2.07. The quantitative estimate of drug-likeness (QED) is 0.453. The van der Waals surface area contributed by atoms with Crippen molar-refractivity contribution in [3.8, 4) is 0 Å². The van der Waals surface area contributed by atoms with E-state index in [2.05, 4.69) is 10.6 Å². The lowest BCUT2D eigenvalue weighted by atomic mass is 10.0. The van der Waals surface area contributed by atoms with Crippen LogP contribution in [0.2, 0.25) is 0 Å². The molecule has 6 nitrogen and oxygen atoms in total. The van der Waals surface area contributed by atoms with Crippen LogP contribution >= 0.6 is 11.3 Å². The van der Waals surface area contributed by atoms with E-state index in [-0.39, 0.29) is 5.69 Å². The van der Waals surface area contributed by atoms with E-state index in [1.165, 1.54) is 23.5 Å². The molecule has 0 saturated heterocycles. The summed E-state index contributed by atoms with van der Waals surface area (Å²) in [6.07, 6.45) is -4.66. The molecule has 2 aromatic carbocycles. The average Bonchev–Trinajstić information content (AvgIpc) is 3.35. The Morgan fingerprint density at radius 3 is 2.22 bits per heavy atom. The van der Waals surface area contributed by atoms with Gasteiger partial charge in [-0.2, -0.15) is 13.2 Å². The molecule has 0 fully saturated rings. The maximum Gasteiger partial charge on any atom is 0.416 e. The number of carbonyl (C=O) groups excluding carboxylic acids is 3. The minimum Gasteiger partial charge on any atom is -0.349 e. The number of benzene rings is 2. The van der Waals surface area contributed by atoms with Crippen LogP contribution in [-0.2, 0) is 15.8 Å². The van der Waals surface area contributed by atoms with Gasteiger partial charge in [0, 0.05) is 11.2 Å². The van der Waals surface area contributed by atoms with Gasteiger partial charge in [0.1, 0.15) is 6.04 Å². The van der Waals surface area contributed by atoms with Crippen LogP contribution in [0.3, 0.4) is 0 Å². The molecule has 10 heteroatoms. The molecule has 1 atom stereocenters. The zero-order valence-corrected chi connectivity index (χ0v) is 20.7. The van der Waals surface area contributed by atoms with Gasteiger partial charge in [0.25, 0.3) is 5.91 Å². The van der Waals surface area contributed by atoms with Crippen LogP contribution in [0.15, 0.2) is 72.1 Å². The summed E-state index contributed by atoms with van der Waals surface area (Å²) < 4.78 is 40.5. The van der Waals surface area contributed by atoms with E-state index in [0.29, 0.717) is 10.4 Å². The fourth-order valence-corrected chi connectivity index (χ4v) is 4.14. The molecule has 3 rings (SSSR count). The first kappa shape index (κ1) is 26.9. The Bertz CT molecular complexity index is 1210. The Morgan fingerprint density at radius 1 is 0.944 bits per heavy atom. The Morgan fingerprint density at radius 2 is 1.64 bits per heavy atom. The molecule has 0 saturated carbocycles. The van der Waals surface area contributed by atoms with Crippen molar-refractivity contribution < 1.29 is 27.6 Å². The SMILES string of the molecule is CC(C)(C)NC(=O)[C@@H](c1ccccc1)N(C(=O)CNC(=O)c1cccs1)c1cccc(C(F)(F)F)c1. The highest BCUT2D eigenvalue weighted by Gasteiger charge is 2.36. The molecule has 1 heterocycles. The number of halogens is 3. The maximum atomic E-state index is 13.5. The third kappa shape index (κ3) is 6.94. The maximum absolute atomic E-state index is 13.5. The molecule has 3 aromatic rings. The van der Waals surface area contributed by atoms with Gasteiger partial charge in [0.05, 0.1) is 17.0 Å². The fourth-order valence-electron chi connectivity index (χ4n) is 3.50. The number of nitrogens with one attached hydrogen (secondary N) is 2. The standard InChI is InChI=1S/C26H26F3N3O3S/c1-25(2,3)31-24(35)22(17-9-5-4-6-10-17)32(19-12-7-11-18(15-19)26(27,28)29)21(33)16-30-23(34)20-13-8-14-36-20/h4-15,22H,16H2,1-3H3,(H,30,34)(H,31,35)/t22-/m1/s1. The van der Waals surface area contributed by atoms with Crippen LogP contribution < -0.4 is 15.5 Å². The second-order valence-corrected chi connectivity index (χ2v) is 9.97. The van der Waals surface area contributed by atoms with Crippen molar-refractivity contribution in [2.24, 2.45) is 0 Å². The van der Waals surface area contributed by atoms with Gasteiger partial charge in [-0.25, -0.2) is 0 Å². The number of hydrogen-bond donors (Lipinski definition) is 2. The van der Waals surface area contributed by atoms with Crippen molar-refractivity contribution in [1.82, 2.24) is 10.6 Å². The predicted molar refractivity (Wildman–Crippen MR) is 133 cm³/mol. The first-order valence-electron chi connectivity index (χ1n) is 11.0. The van der Waals surface area contributed by atoms with Gasteiger partial charge in [-0.15, -0.1) is 11.3 Å². The zero-order valence-electron chi connectivity index (χ0n) is 19.9. The average molecular weight is 518 g/mol. The summed E-state index contributed by atoms with van der Waals surface area (Å²) in [6.45, 7) is 4.74. The molecule has 0 aliphatic rings. The fraction of sp³-hybridized carbons (Fsp3) is 0.269. The van der Waals surface area contributed by atoms with Crippen LogP contribution in [0.5, 0.6) is 0 Å². The summed E-state index contributed by atoms with van der Waals surface area (Å²) in [5.74, 6) is -1.83. The monoisotopic (exact) mass is 517 g/mol. The summed E-state index contributed by atoms with van der Waals surface area (Å²) >= 11 is 1.18. The molecule has 0 radical (unpaired) electrons. The summed E-state index contributed by atoms with van der Waals surface area (Å²) in [4.78, 5) is 40.8. The lowest BCUT2D eigenvalue weighted by molar-refractivity contribution is -0.137. The Kier molecular flexibility index (Phi) is 8.19. The Hall–Kier alpha value is -3.66. The van der Waals surface area contributed by atoms with Crippen molar-refractivity contribution in [3.63, 3.8) is 0 Å². The molecule has 0 aliphatic heterocycles. The van der Waals surface area contributed by atoms with Crippen molar-refractivity contribution >= 4 is 34.7 Å². The van der Waals surface area contributed by atoms with E-state index in [9.17, 15) is 27.6 Å². The molecule has 2 N–H and O–H groups in total. The molecule has 0 aliphatic carbocycles. The second-order valence-electron chi connectivity index (χ2n) is 9.02. The molecule has 0 unspecified atom stereocenters.